The van der Waals surface area contributed by atoms with Gasteiger partial charge in [0.05, 0.1) is 58.2 Å². The number of hydrogen-bond acceptors (Lipinski definition) is 14. The number of hydrogen-bond donors (Lipinski definition) is 7. The Hall–Kier alpha value is -7.98. The third-order valence-electron chi connectivity index (χ3n) is 13.1. The van der Waals surface area contributed by atoms with Crippen LogP contribution in [0.25, 0.3) is 21.5 Å². The number of nitrogens with zero attached hydrogens (tertiary/aromatic N) is 6. The van der Waals surface area contributed by atoms with E-state index < -0.39 is 59.0 Å². The van der Waals surface area contributed by atoms with Crippen LogP contribution in [0.2, 0.25) is 0 Å². The number of anilines is 5. The molecule has 2 aliphatic rings. The fourth-order valence-electron chi connectivity index (χ4n) is 9.07. The molecule has 74 heavy (non-hydrogen) atoms. The lowest BCUT2D eigenvalue weighted by Gasteiger charge is -2.35. The number of methoxy groups -OCH3 is 1. The number of aromatic amines is 1. The summed E-state index contributed by atoms with van der Waals surface area (Å²) >= 11 is 1.55. The van der Waals surface area contributed by atoms with Crippen LogP contribution < -0.4 is 36.2 Å². The van der Waals surface area contributed by atoms with Crippen molar-refractivity contribution in [1.82, 2.24) is 45.7 Å². The summed E-state index contributed by atoms with van der Waals surface area (Å²) in [5, 5.41) is 25.6. The van der Waals surface area contributed by atoms with Crippen LogP contribution in [-0.4, -0.2) is 129 Å². The van der Waals surface area contributed by atoms with E-state index in [-0.39, 0.29) is 67.8 Å². The maximum atomic E-state index is 14.9. The number of halogens is 1. The van der Waals surface area contributed by atoms with Crippen LogP contribution in [0.1, 0.15) is 67.2 Å². The van der Waals surface area contributed by atoms with Gasteiger partial charge in [0.1, 0.15) is 35.1 Å². The number of ether oxygens (including phenoxy) is 1. The van der Waals surface area contributed by atoms with Crippen LogP contribution >= 0.6 is 11.3 Å². The van der Waals surface area contributed by atoms with Gasteiger partial charge >= 0.3 is 0 Å². The van der Waals surface area contributed by atoms with Gasteiger partial charge in [0.15, 0.2) is 0 Å². The van der Waals surface area contributed by atoms with Crippen molar-refractivity contribution in [3.05, 3.63) is 101 Å². The first-order valence-electron chi connectivity index (χ1n) is 24.0. The smallest absolute Gasteiger partial charge is 0.256 e. The van der Waals surface area contributed by atoms with Gasteiger partial charge in [-0.05, 0) is 65.8 Å². The molecule has 8 rings (SSSR count). The second kappa shape index (κ2) is 22.0. The molecule has 1 saturated heterocycles. The number of aryl methyl sites for hydroxylation is 1. The fraction of sp³-hybridized carbons (Fsp3) is 0.365. The molecule has 0 spiro atoms. The topological polar surface area (TPSA) is 256 Å². The minimum atomic E-state index is -1.09. The zero-order chi connectivity index (χ0) is 53.0. The van der Waals surface area contributed by atoms with E-state index in [1.54, 1.807) is 73.0 Å². The minimum absolute atomic E-state index is 0.0317. The lowest BCUT2D eigenvalue weighted by atomic mass is 9.85. The van der Waals surface area contributed by atoms with Crippen LogP contribution in [0.3, 0.4) is 0 Å². The number of carbonyl (C=O) groups is 6. The van der Waals surface area contributed by atoms with Gasteiger partial charge in [-0.15, -0.1) is 11.3 Å². The predicted molar refractivity (Wildman–Crippen MR) is 278 cm³/mol. The van der Waals surface area contributed by atoms with Gasteiger partial charge in [0, 0.05) is 64.9 Å². The number of carbonyl (C=O) groups excluding carboxylic acids is 6. The third kappa shape index (κ3) is 11.4. The molecule has 388 valence electrons. The molecule has 0 unspecified atom stereocenters. The number of likely N-dealkylation sites (tertiary alicyclic amines) is 1. The highest BCUT2D eigenvalue weighted by atomic mass is 32.1. The van der Waals surface area contributed by atoms with E-state index in [0.717, 1.165) is 27.3 Å². The summed E-state index contributed by atoms with van der Waals surface area (Å²) < 4.78 is 20.6. The van der Waals surface area contributed by atoms with Gasteiger partial charge in [0.2, 0.25) is 35.5 Å². The summed E-state index contributed by atoms with van der Waals surface area (Å²) in [6.45, 7) is 7.42. The first kappa shape index (κ1) is 52.3. The average Bonchev–Trinajstić information content (AvgIpc) is 4.20. The van der Waals surface area contributed by atoms with Crippen LogP contribution in [0.5, 0.6) is 5.75 Å². The summed E-state index contributed by atoms with van der Waals surface area (Å²) in [5.74, 6) is -2.90. The molecule has 6 amide bonds. The molecule has 3 atom stereocenters. The van der Waals surface area contributed by atoms with Crippen LogP contribution in [-0.2, 0) is 36.9 Å². The van der Waals surface area contributed by atoms with E-state index in [4.69, 9.17) is 4.74 Å². The Morgan fingerprint density at radius 2 is 1.78 bits per heavy atom. The summed E-state index contributed by atoms with van der Waals surface area (Å²) in [7, 11) is 4.38. The number of H-pyrrole nitrogens is 1. The van der Waals surface area contributed by atoms with E-state index >= 15 is 0 Å². The Kier molecular flexibility index (Phi) is 15.6. The highest BCUT2D eigenvalue weighted by Gasteiger charge is 2.44. The maximum absolute atomic E-state index is 14.9. The van der Waals surface area contributed by atoms with Gasteiger partial charge < -0.3 is 56.1 Å². The third-order valence-corrected chi connectivity index (χ3v) is 14.0. The van der Waals surface area contributed by atoms with Gasteiger partial charge in [-0.25, -0.2) is 9.37 Å². The standard InChI is InChI=1S/C52H59FN12O8S/c1-28-44(74-27-57-28)30-13-11-29(12-14-30)24-56-48(70)38-22-32(66)25-65(38)50(72)45(52(2,3)4)60-40(67)15-16-41(68)63(6)26-42(69)64-20-18-31-21-39(73-7)36(23-37(31)64)59-51-61-46-33(17-19-55-46)47(62-51)58-35-10-8-9-34(53)43(35)49(71)54-5/h8-14,17,19,21,23,27,32,38,45,66H,15-16,18,20,22,24-26H2,1-7H3,(H,54,71)(H,56,70)(H,60,67)(H3,55,58,59,61,62)/t32-,38+,45-/m1/s1. The normalized spacial score (nSPS) is 15.6. The Labute approximate surface area is 430 Å². The summed E-state index contributed by atoms with van der Waals surface area (Å²) in [6, 6.07) is 15.2. The largest absolute Gasteiger partial charge is 0.495 e. The molecule has 5 heterocycles. The number of fused-ring (bicyclic) bond motifs is 2. The van der Waals surface area contributed by atoms with Crippen molar-refractivity contribution in [3.63, 3.8) is 0 Å². The molecule has 0 aliphatic carbocycles. The Morgan fingerprint density at radius 1 is 1.01 bits per heavy atom. The number of β-amino-alcohol motifs (C(OH)–C–C–N with tert-alkyl or cyclic N) is 1. The highest BCUT2D eigenvalue weighted by molar-refractivity contribution is 7.13. The first-order valence-corrected chi connectivity index (χ1v) is 24.9. The van der Waals surface area contributed by atoms with Crippen LogP contribution in [0.4, 0.5) is 33.2 Å². The van der Waals surface area contributed by atoms with E-state index in [1.165, 1.54) is 43.1 Å². The second-order valence-electron chi connectivity index (χ2n) is 19.3. The Balaban J connectivity index is 0.873. The second-order valence-corrected chi connectivity index (χ2v) is 20.2. The molecule has 3 aromatic heterocycles. The van der Waals surface area contributed by atoms with E-state index in [0.29, 0.717) is 41.1 Å². The van der Waals surface area contributed by atoms with E-state index in [9.17, 15) is 38.3 Å². The number of aromatic nitrogens is 4. The minimum Gasteiger partial charge on any atom is -0.495 e. The molecular formula is C52H59FN12O8S. The molecule has 20 nitrogen and oxygen atoms in total. The fourth-order valence-corrected chi connectivity index (χ4v) is 9.88. The molecule has 0 bridgehead atoms. The van der Waals surface area contributed by atoms with Crippen molar-refractivity contribution in [2.75, 3.05) is 56.4 Å². The quantitative estimate of drug-likeness (QED) is 0.0612. The van der Waals surface area contributed by atoms with Gasteiger partial charge in [-0.3, -0.25) is 28.8 Å². The summed E-state index contributed by atoms with van der Waals surface area (Å²) in [4.78, 5) is 103. The molecule has 7 N–H and O–H groups in total. The number of aliphatic hydroxyl groups is 1. The number of thiazole rings is 1. The molecular weight excluding hydrogens is 972 g/mol. The van der Waals surface area contributed by atoms with Crippen molar-refractivity contribution in [2.24, 2.45) is 5.41 Å². The molecule has 22 heteroatoms. The lowest BCUT2D eigenvalue weighted by Crippen LogP contribution is -2.57. The van der Waals surface area contributed by atoms with Crippen LogP contribution in [0, 0.1) is 18.2 Å². The summed E-state index contributed by atoms with van der Waals surface area (Å²) in [6.07, 6.45) is 0.723. The Bertz CT molecular complexity index is 3120. The first-order chi connectivity index (χ1) is 35.3. The summed E-state index contributed by atoms with van der Waals surface area (Å²) in [5.41, 5.74) is 6.03. The van der Waals surface area contributed by atoms with Gasteiger partial charge in [-0.2, -0.15) is 9.97 Å². The Morgan fingerprint density at radius 3 is 2.49 bits per heavy atom. The zero-order valence-corrected chi connectivity index (χ0v) is 42.9. The molecule has 2 aliphatic heterocycles. The van der Waals surface area contributed by atoms with Crippen molar-refractivity contribution < 1.29 is 43.0 Å². The van der Waals surface area contributed by atoms with E-state index in [2.05, 4.69) is 46.5 Å². The highest BCUT2D eigenvalue weighted by Crippen LogP contribution is 2.39. The average molecular weight is 1030 g/mol. The van der Waals surface area contributed by atoms with Gasteiger partial charge in [-0.1, -0.05) is 51.1 Å². The van der Waals surface area contributed by atoms with Crippen molar-refractivity contribution in [3.8, 4) is 16.2 Å². The number of nitrogens with one attached hydrogen (secondary N) is 6. The van der Waals surface area contributed by atoms with E-state index in [1.807, 2.05) is 31.2 Å². The number of benzene rings is 3. The predicted octanol–water partition coefficient (Wildman–Crippen LogP) is 5.32. The molecule has 3 aromatic carbocycles. The molecule has 6 aromatic rings. The molecule has 1 fully saturated rings. The van der Waals surface area contributed by atoms with Gasteiger partial charge in [0.25, 0.3) is 5.91 Å². The SMILES string of the molecule is CNC(=O)c1c(F)cccc1Nc1nc(Nc2cc3c(cc2OC)CCN3C(=O)CN(C)C(=O)CCC(=O)N[C@H](C(=O)N2C[C@H](O)C[C@H]2C(=O)NCc2ccc(-c3scnc3C)cc2)C(C)(C)C)nc2[nH]ccc12. The number of aliphatic hydroxyl groups excluding tert-OH is 1. The number of likely N-dealkylation sites (N-methyl/N-ethyl adjacent to an activating group) is 1. The lowest BCUT2D eigenvalue weighted by molar-refractivity contribution is -0.144. The number of rotatable bonds is 17. The molecule has 0 saturated carbocycles. The number of amides is 6. The maximum Gasteiger partial charge on any atom is 0.256 e. The monoisotopic (exact) mass is 1030 g/mol. The van der Waals surface area contributed by atoms with Crippen molar-refractivity contribution >= 4 is 86.6 Å². The van der Waals surface area contributed by atoms with Crippen molar-refractivity contribution in [1.29, 1.82) is 0 Å². The van der Waals surface area contributed by atoms with Crippen molar-refractivity contribution in [2.45, 2.75) is 78.1 Å². The van der Waals surface area contributed by atoms with Crippen LogP contribution in [0.15, 0.2) is 72.4 Å². The zero-order valence-electron chi connectivity index (χ0n) is 42.1. The molecule has 0 radical (unpaired) electrons.